The zero-order valence-electron chi connectivity index (χ0n) is 17.0. The predicted octanol–water partition coefficient (Wildman–Crippen LogP) is 2.37. The number of nitrogen functional groups attached to an aromatic ring is 1. The molecule has 0 fully saturated rings. The van der Waals surface area contributed by atoms with E-state index in [4.69, 9.17) is 15.9 Å². The van der Waals surface area contributed by atoms with Gasteiger partial charge in [-0.2, -0.15) is 0 Å². The van der Waals surface area contributed by atoms with Crippen molar-refractivity contribution in [1.82, 2.24) is 15.3 Å². The Morgan fingerprint density at radius 2 is 1.74 bits per heavy atom. The molecule has 9 nitrogen and oxygen atoms in total. The van der Waals surface area contributed by atoms with Gasteiger partial charge in [0, 0.05) is 29.4 Å². The van der Waals surface area contributed by atoms with Crippen LogP contribution in [0.4, 0.5) is 0 Å². The number of aromatic carboxylic acids is 1. The summed E-state index contributed by atoms with van der Waals surface area (Å²) in [5.41, 5.74) is 8.04. The summed E-state index contributed by atoms with van der Waals surface area (Å²) in [6, 6.07) is 13.4. The number of aryl methyl sites for hydroxylation is 1. The Hall–Kier alpha value is -4.27. The minimum absolute atomic E-state index is 0.00301. The Kier molecular flexibility index (Phi) is 6.25. The first-order chi connectivity index (χ1) is 14.8. The fourth-order valence-corrected chi connectivity index (χ4v) is 2.87. The number of rotatable bonds is 7. The highest BCUT2D eigenvalue weighted by Crippen LogP contribution is 2.31. The molecule has 0 saturated carbocycles. The molecule has 0 unspecified atom stereocenters. The predicted molar refractivity (Wildman–Crippen MR) is 114 cm³/mol. The third kappa shape index (κ3) is 4.84. The van der Waals surface area contributed by atoms with Crippen LogP contribution < -0.4 is 15.8 Å². The van der Waals surface area contributed by atoms with E-state index in [1.165, 1.54) is 19.2 Å². The zero-order valence-corrected chi connectivity index (χ0v) is 17.0. The molecular weight excluding hydrogens is 398 g/mol. The summed E-state index contributed by atoms with van der Waals surface area (Å²) >= 11 is 0. The van der Waals surface area contributed by atoms with Gasteiger partial charge >= 0.3 is 5.97 Å². The molecule has 0 aliphatic heterocycles. The van der Waals surface area contributed by atoms with Crippen molar-refractivity contribution in [3.8, 4) is 17.0 Å². The number of aromatic nitrogens is 2. The van der Waals surface area contributed by atoms with Gasteiger partial charge in [0.25, 0.3) is 5.91 Å². The van der Waals surface area contributed by atoms with Gasteiger partial charge in [-0.25, -0.2) is 14.8 Å². The van der Waals surface area contributed by atoms with Gasteiger partial charge in [-0.1, -0.05) is 24.3 Å². The van der Waals surface area contributed by atoms with Crippen LogP contribution in [0.15, 0.2) is 48.5 Å². The molecule has 158 valence electrons. The molecule has 2 aromatic heterocycles. The highest BCUT2D eigenvalue weighted by molar-refractivity contribution is 5.98. The van der Waals surface area contributed by atoms with Gasteiger partial charge in [0.05, 0.1) is 0 Å². The molecule has 0 aliphatic rings. The minimum atomic E-state index is -1.27. The number of hydrogen-bond acceptors (Lipinski definition) is 6. The highest BCUT2D eigenvalue weighted by Gasteiger charge is 2.20. The number of amidine groups is 1. The monoisotopic (exact) mass is 419 g/mol. The van der Waals surface area contributed by atoms with Crippen LogP contribution in [0.5, 0.6) is 5.88 Å². The van der Waals surface area contributed by atoms with Crippen molar-refractivity contribution in [2.75, 3.05) is 7.05 Å². The number of hydrogen-bond donors (Lipinski definition) is 4. The first-order valence-electron chi connectivity index (χ1n) is 9.30. The average molecular weight is 419 g/mol. The molecule has 0 aliphatic carbocycles. The number of nitrogens with one attached hydrogen (secondary N) is 2. The number of carboxylic acids is 1. The number of carbonyl (C=O) groups is 2. The molecule has 31 heavy (non-hydrogen) atoms. The topological polar surface area (TPSA) is 151 Å². The SMILES string of the molecule is CNC(=O)c1ccc(-c2ccc(C)nc2OCc2ccc(C(=N)N)cc2)c(C(=O)O)n1. The van der Waals surface area contributed by atoms with Crippen molar-refractivity contribution in [3.63, 3.8) is 0 Å². The molecule has 0 saturated heterocycles. The Morgan fingerprint density at radius 1 is 1.06 bits per heavy atom. The van der Waals surface area contributed by atoms with Crippen LogP contribution in [0.2, 0.25) is 0 Å². The summed E-state index contributed by atoms with van der Waals surface area (Å²) in [6.45, 7) is 1.97. The molecular formula is C22H21N5O4. The van der Waals surface area contributed by atoms with Crippen molar-refractivity contribution < 1.29 is 19.4 Å². The van der Waals surface area contributed by atoms with E-state index in [0.717, 1.165) is 5.56 Å². The van der Waals surface area contributed by atoms with E-state index in [0.29, 0.717) is 16.8 Å². The Labute approximate surface area is 178 Å². The number of carboxylic acid groups (broad SMARTS) is 1. The molecule has 5 N–H and O–H groups in total. The largest absolute Gasteiger partial charge is 0.476 e. The Bertz CT molecular complexity index is 1160. The summed E-state index contributed by atoms with van der Waals surface area (Å²) in [4.78, 5) is 32.1. The second-order valence-electron chi connectivity index (χ2n) is 6.68. The van der Waals surface area contributed by atoms with E-state index in [9.17, 15) is 14.7 Å². The van der Waals surface area contributed by atoms with Gasteiger partial charge in [0.1, 0.15) is 18.1 Å². The maximum atomic E-state index is 11.8. The van der Waals surface area contributed by atoms with E-state index in [1.807, 2.05) is 0 Å². The number of nitrogens with zero attached hydrogens (tertiary/aromatic N) is 2. The highest BCUT2D eigenvalue weighted by atomic mass is 16.5. The number of pyridine rings is 2. The first-order valence-corrected chi connectivity index (χ1v) is 9.30. The van der Waals surface area contributed by atoms with Crippen molar-refractivity contribution in [3.05, 3.63) is 76.7 Å². The molecule has 0 spiro atoms. The van der Waals surface area contributed by atoms with Gasteiger partial charge in [0.15, 0.2) is 5.69 Å². The summed E-state index contributed by atoms with van der Waals surface area (Å²) in [5, 5.41) is 19.5. The average Bonchev–Trinajstić information content (AvgIpc) is 2.77. The quantitative estimate of drug-likeness (QED) is 0.339. The molecule has 9 heteroatoms. The molecule has 2 heterocycles. The lowest BCUT2D eigenvalue weighted by molar-refractivity contribution is 0.0691. The van der Waals surface area contributed by atoms with Crippen molar-refractivity contribution in [2.24, 2.45) is 5.73 Å². The maximum Gasteiger partial charge on any atom is 0.355 e. The smallest absolute Gasteiger partial charge is 0.355 e. The fourth-order valence-electron chi connectivity index (χ4n) is 2.87. The van der Waals surface area contributed by atoms with E-state index < -0.39 is 11.9 Å². The summed E-state index contributed by atoms with van der Waals surface area (Å²) in [5.74, 6) is -1.54. The van der Waals surface area contributed by atoms with Crippen LogP contribution in [0.1, 0.15) is 37.8 Å². The van der Waals surface area contributed by atoms with Crippen molar-refractivity contribution in [2.45, 2.75) is 13.5 Å². The van der Waals surface area contributed by atoms with E-state index in [2.05, 4.69) is 15.3 Å². The van der Waals surface area contributed by atoms with Gasteiger partial charge < -0.3 is 20.9 Å². The normalized spacial score (nSPS) is 10.4. The Balaban J connectivity index is 1.97. The van der Waals surface area contributed by atoms with Crippen LogP contribution in [0, 0.1) is 12.3 Å². The van der Waals surface area contributed by atoms with Gasteiger partial charge in [-0.05, 0) is 36.8 Å². The summed E-state index contributed by atoms with van der Waals surface area (Å²) in [6.07, 6.45) is 0. The van der Waals surface area contributed by atoms with E-state index in [1.54, 1.807) is 43.3 Å². The lowest BCUT2D eigenvalue weighted by Crippen LogP contribution is -2.20. The number of amides is 1. The maximum absolute atomic E-state index is 11.8. The molecule has 3 aromatic rings. The molecule has 1 amide bonds. The zero-order chi connectivity index (χ0) is 22.5. The van der Waals surface area contributed by atoms with Crippen molar-refractivity contribution in [1.29, 1.82) is 5.41 Å². The summed E-state index contributed by atoms with van der Waals surface area (Å²) < 4.78 is 5.90. The van der Waals surface area contributed by atoms with E-state index in [-0.39, 0.29) is 35.3 Å². The molecule has 1 aromatic carbocycles. The number of benzene rings is 1. The number of nitrogens with two attached hydrogens (primary N) is 1. The number of carbonyl (C=O) groups excluding carboxylic acids is 1. The molecule has 0 radical (unpaired) electrons. The third-order valence-corrected chi connectivity index (χ3v) is 4.49. The molecule has 0 bridgehead atoms. The van der Waals surface area contributed by atoms with Crippen LogP contribution >= 0.6 is 0 Å². The standard InChI is InChI=1S/C22H21N5O4/c1-12-3-8-16(15-9-10-17(20(28)25-2)27-18(15)22(29)30)21(26-12)31-11-13-4-6-14(7-5-13)19(23)24/h3-10H,11H2,1-2H3,(H3,23,24)(H,25,28)(H,29,30). The van der Waals surface area contributed by atoms with Gasteiger partial charge in [-0.15, -0.1) is 0 Å². The van der Waals surface area contributed by atoms with Crippen LogP contribution in [-0.2, 0) is 6.61 Å². The van der Waals surface area contributed by atoms with E-state index >= 15 is 0 Å². The Morgan fingerprint density at radius 3 is 2.35 bits per heavy atom. The molecule has 3 rings (SSSR count). The lowest BCUT2D eigenvalue weighted by Gasteiger charge is -2.14. The molecule has 0 atom stereocenters. The fraction of sp³-hybridized carbons (Fsp3) is 0.136. The van der Waals surface area contributed by atoms with Crippen LogP contribution in [0.25, 0.3) is 11.1 Å². The second kappa shape index (κ2) is 9.04. The third-order valence-electron chi connectivity index (χ3n) is 4.49. The summed E-state index contributed by atoms with van der Waals surface area (Å²) in [7, 11) is 1.44. The van der Waals surface area contributed by atoms with Crippen molar-refractivity contribution >= 4 is 17.7 Å². The van der Waals surface area contributed by atoms with Gasteiger partial charge in [-0.3, -0.25) is 10.2 Å². The van der Waals surface area contributed by atoms with Crippen LogP contribution in [0.3, 0.4) is 0 Å². The minimum Gasteiger partial charge on any atom is -0.476 e. The van der Waals surface area contributed by atoms with Gasteiger partial charge in [0.2, 0.25) is 5.88 Å². The lowest BCUT2D eigenvalue weighted by atomic mass is 10.0. The number of ether oxygens (including phenoxy) is 1. The van der Waals surface area contributed by atoms with Crippen LogP contribution in [-0.4, -0.2) is 39.8 Å². The second-order valence-corrected chi connectivity index (χ2v) is 6.68. The first kappa shape index (κ1) is 21.4.